The van der Waals surface area contributed by atoms with Crippen molar-refractivity contribution < 1.29 is 0 Å². The van der Waals surface area contributed by atoms with Crippen molar-refractivity contribution in [1.82, 2.24) is 5.32 Å². The summed E-state index contributed by atoms with van der Waals surface area (Å²) in [4.78, 5) is 0. The maximum absolute atomic E-state index is 3.63. The van der Waals surface area contributed by atoms with Gasteiger partial charge in [0.05, 0.1) is 0 Å². The number of hydrogen-bond acceptors (Lipinski definition) is 1. The number of hydrogen-bond donors (Lipinski definition) is 1. The van der Waals surface area contributed by atoms with Crippen molar-refractivity contribution >= 4 is 0 Å². The van der Waals surface area contributed by atoms with E-state index in [1.807, 2.05) is 0 Å². The topological polar surface area (TPSA) is 12.0 Å². The summed E-state index contributed by atoms with van der Waals surface area (Å²) in [5, 5.41) is 3.63. The first-order valence-electron chi connectivity index (χ1n) is 4.51. The minimum Gasteiger partial charge on any atom is -0.307 e. The van der Waals surface area contributed by atoms with Gasteiger partial charge in [-0.25, -0.2) is 0 Å². The lowest BCUT2D eigenvalue weighted by molar-refractivity contribution is 0.106. The Balaban J connectivity index is 1.90. The molecule has 10 heavy (non-hydrogen) atoms. The zero-order valence-corrected chi connectivity index (χ0v) is 6.27. The Morgan fingerprint density at radius 1 is 1.00 bits per heavy atom. The molecule has 0 amide bonds. The van der Waals surface area contributed by atoms with Crippen LogP contribution in [0.5, 0.6) is 0 Å². The van der Waals surface area contributed by atoms with Gasteiger partial charge in [-0.3, -0.25) is 0 Å². The van der Waals surface area contributed by atoms with E-state index >= 15 is 0 Å². The largest absolute Gasteiger partial charge is 0.307 e. The number of rotatable bonds is 0. The first kappa shape index (κ1) is 5.59. The van der Waals surface area contributed by atoms with Crippen molar-refractivity contribution in [3.05, 3.63) is 6.04 Å². The predicted molar refractivity (Wildman–Crippen MR) is 40.2 cm³/mol. The molecule has 1 heteroatoms. The number of nitrogens with one attached hydrogen (secondary N) is 1. The van der Waals surface area contributed by atoms with Crippen LogP contribution in [-0.4, -0.2) is 6.04 Å². The molecule has 55 valence electrons. The molecule has 4 bridgehead atoms. The first-order valence-corrected chi connectivity index (χ1v) is 4.51. The van der Waals surface area contributed by atoms with E-state index < -0.39 is 0 Å². The smallest absolute Gasteiger partial charge is 0.0371 e. The van der Waals surface area contributed by atoms with Gasteiger partial charge in [-0.2, -0.15) is 0 Å². The highest BCUT2D eigenvalue weighted by Gasteiger charge is 2.41. The third-order valence-electron chi connectivity index (χ3n) is 3.38. The normalized spacial score (nSPS) is 52.2. The molecule has 0 aromatic carbocycles. The predicted octanol–water partition coefficient (Wildman–Crippen LogP) is 1.70. The summed E-state index contributed by atoms with van der Waals surface area (Å²) < 4.78 is 0. The van der Waals surface area contributed by atoms with Gasteiger partial charge in [0.15, 0.2) is 0 Å². The average molecular weight is 136 g/mol. The van der Waals surface area contributed by atoms with E-state index in [0.717, 1.165) is 17.9 Å². The summed E-state index contributed by atoms with van der Waals surface area (Å²) in [6.07, 6.45) is 7.31. The van der Waals surface area contributed by atoms with Crippen LogP contribution < -0.4 is 5.32 Å². The zero-order chi connectivity index (χ0) is 6.55. The molecule has 0 aromatic rings. The van der Waals surface area contributed by atoms with Crippen LogP contribution in [0.3, 0.4) is 0 Å². The van der Waals surface area contributed by atoms with E-state index in [9.17, 15) is 0 Å². The highest BCUT2D eigenvalue weighted by atomic mass is 15.0. The second-order valence-electron chi connectivity index (χ2n) is 4.29. The lowest BCUT2D eigenvalue weighted by atomic mass is 9.65. The quantitative estimate of drug-likeness (QED) is 0.534. The van der Waals surface area contributed by atoms with Crippen molar-refractivity contribution in [1.29, 1.82) is 0 Å². The van der Waals surface area contributed by atoms with Gasteiger partial charge in [0.2, 0.25) is 0 Å². The molecule has 4 fully saturated rings. The summed E-state index contributed by atoms with van der Waals surface area (Å²) >= 11 is 0. The Kier molecular flexibility index (Phi) is 0.984. The van der Waals surface area contributed by atoms with E-state index in [4.69, 9.17) is 0 Å². The Hall–Kier alpha value is -0.0400. The van der Waals surface area contributed by atoms with Crippen molar-refractivity contribution in [3.63, 3.8) is 0 Å². The van der Waals surface area contributed by atoms with Crippen LogP contribution in [0.25, 0.3) is 0 Å². The summed E-state index contributed by atoms with van der Waals surface area (Å²) in [6.45, 7) is 0. The first-order chi connectivity index (χ1) is 4.90. The van der Waals surface area contributed by atoms with Crippen LogP contribution in [-0.2, 0) is 0 Å². The average Bonchev–Trinajstić information content (AvgIpc) is 1.82. The second kappa shape index (κ2) is 1.76. The van der Waals surface area contributed by atoms with E-state index in [2.05, 4.69) is 5.32 Å². The van der Waals surface area contributed by atoms with Crippen molar-refractivity contribution in [2.45, 2.75) is 38.1 Å². The standard InChI is InChI=1S/C9H14N/c1-6-2-8-4-7(1)5-9(3-6)10-8/h6-8,10H,1-5H2. The van der Waals surface area contributed by atoms with E-state index in [0.29, 0.717) is 0 Å². The molecule has 2 atom stereocenters. The SMILES string of the molecule is C1[C]2CC3CC1CC(C3)N2. The number of piperidine rings is 2. The minimum absolute atomic E-state index is 0.890. The Labute approximate surface area is 62.2 Å². The van der Waals surface area contributed by atoms with Gasteiger partial charge < -0.3 is 5.32 Å². The lowest BCUT2D eigenvalue weighted by Gasteiger charge is -2.49. The molecular weight excluding hydrogens is 122 g/mol. The molecular formula is C9H14N. The third kappa shape index (κ3) is 0.672. The van der Waals surface area contributed by atoms with Crippen molar-refractivity contribution in [3.8, 4) is 0 Å². The van der Waals surface area contributed by atoms with Crippen LogP contribution in [0.4, 0.5) is 0 Å². The van der Waals surface area contributed by atoms with Crippen molar-refractivity contribution in [2.75, 3.05) is 0 Å². The van der Waals surface area contributed by atoms with Crippen LogP contribution in [0.15, 0.2) is 0 Å². The van der Waals surface area contributed by atoms with Crippen LogP contribution in [0, 0.1) is 17.9 Å². The van der Waals surface area contributed by atoms with E-state index in [1.54, 1.807) is 12.5 Å². The molecule has 1 radical (unpaired) electrons. The van der Waals surface area contributed by atoms with Gasteiger partial charge >= 0.3 is 0 Å². The van der Waals surface area contributed by atoms with Crippen LogP contribution in [0.2, 0.25) is 0 Å². The van der Waals surface area contributed by atoms with Gasteiger partial charge in [-0.15, -0.1) is 0 Å². The molecule has 2 heterocycles. The summed E-state index contributed by atoms with van der Waals surface area (Å²) in [5.74, 6) is 2.16. The third-order valence-corrected chi connectivity index (χ3v) is 3.38. The molecule has 4 aliphatic rings. The Bertz CT molecular complexity index is 96.3. The second-order valence-corrected chi connectivity index (χ2v) is 4.29. The molecule has 0 aromatic heterocycles. The van der Waals surface area contributed by atoms with Gasteiger partial charge in [0.25, 0.3) is 0 Å². The fourth-order valence-electron chi connectivity index (χ4n) is 3.20. The molecule has 2 saturated heterocycles. The summed E-state index contributed by atoms with van der Waals surface area (Å²) in [7, 11) is 0. The Morgan fingerprint density at radius 3 is 2.20 bits per heavy atom. The molecule has 2 saturated carbocycles. The maximum atomic E-state index is 3.63. The van der Waals surface area contributed by atoms with E-state index in [1.165, 1.54) is 25.7 Å². The van der Waals surface area contributed by atoms with Crippen LogP contribution in [0.1, 0.15) is 32.1 Å². The minimum atomic E-state index is 0.890. The highest BCUT2D eigenvalue weighted by molar-refractivity contribution is 5.08. The van der Waals surface area contributed by atoms with Gasteiger partial charge in [0.1, 0.15) is 0 Å². The van der Waals surface area contributed by atoms with Gasteiger partial charge in [-0.1, -0.05) is 0 Å². The van der Waals surface area contributed by atoms with Gasteiger partial charge in [-0.05, 0) is 43.9 Å². The fraction of sp³-hybridized carbons (Fsp3) is 0.889. The lowest BCUT2D eigenvalue weighted by Crippen LogP contribution is -2.51. The summed E-state index contributed by atoms with van der Waals surface area (Å²) in [6, 6.07) is 2.57. The molecule has 2 aliphatic heterocycles. The van der Waals surface area contributed by atoms with Crippen LogP contribution >= 0.6 is 0 Å². The van der Waals surface area contributed by atoms with Gasteiger partial charge in [0, 0.05) is 12.1 Å². The van der Waals surface area contributed by atoms with E-state index in [-0.39, 0.29) is 0 Å². The van der Waals surface area contributed by atoms with Crippen molar-refractivity contribution in [2.24, 2.45) is 11.8 Å². The monoisotopic (exact) mass is 136 g/mol. The fourth-order valence-corrected chi connectivity index (χ4v) is 3.20. The molecule has 0 spiro atoms. The maximum Gasteiger partial charge on any atom is 0.0371 e. The zero-order valence-electron chi connectivity index (χ0n) is 6.27. The molecule has 1 nitrogen and oxygen atoms in total. The summed E-state index contributed by atoms with van der Waals surface area (Å²) in [5.41, 5.74) is 0. The Morgan fingerprint density at radius 2 is 1.70 bits per heavy atom. The highest BCUT2D eigenvalue weighted by Crippen LogP contribution is 2.47. The molecule has 2 aliphatic carbocycles. The molecule has 4 rings (SSSR count). The molecule has 2 unspecified atom stereocenters. The molecule has 1 N–H and O–H groups in total.